The summed E-state index contributed by atoms with van der Waals surface area (Å²) < 4.78 is 44.4. The molecular weight excluding hydrogens is 465 g/mol. The molecule has 0 aliphatic heterocycles. The van der Waals surface area contributed by atoms with E-state index in [1.54, 1.807) is 13.2 Å². The molecule has 0 bridgehead atoms. The number of nitrogens with one attached hydrogen (secondary N) is 1. The Labute approximate surface area is 205 Å². The van der Waals surface area contributed by atoms with Crippen LogP contribution in [0, 0.1) is 0 Å². The molecule has 0 amide bonds. The number of nitrogen functional groups attached to an aromatic ring is 1. The number of rotatable bonds is 5. The number of aromatic nitrogens is 2. The molecule has 180 valence electrons. The molecule has 2 aromatic heterocycles. The highest BCUT2D eigenvalue weighted by Gasteiger charge is 2.30. The van der Waals surface area contributed by atoms with Crippen molar-refractivity contribution in [1.29, 1.82) is 0 Å². The maximum Gasteiger partial charge on any atom is 0.416 e. The lowest BCUT2D eigenvalue weighted by molar-refractivity contribution is -0.137. The van der Waals surface area contributed by atoms with Crippen LogP contribution in [0.5, 0.6) is 5.75 Å². The number of benzene rings is 3. The Balaban J connectivity index is 1.41. The SMILES string of the molecule is COc1ccc(-c2cc(N)nc(-c3ccc(Nc4ccnc5cc(C(F)(F)F)ccc45)cc3)c2)cc1. The molecule has 2 heterocycles. The summed E-state index contributed by atoms with van der Waals surface area (Å²) in [6.45, 7) is 0. The van der Waals surface area contributed by atoms with E-state index in [0.29, 0.717) is 16.9 Å². The van der Waals surface area contributed by atoms with Crippen molar-refractivity contribution >= 4 is 28.1 Å². The maximum absolute atomic E-state index is 13.1. The van der Waals surface area contributed by atoms with Crippen LogP contribution in [0.25, 0.3) is 33.3 Å². The fourth-order valence-corrected chi connectivity index (χ4v) is 3.96. The van der Waals surface area contributed by atoms with Gasteiger partial charge in [-0.05, 0) is 65.7 Å². The number of hydrogen-bond acceptors (Lipinski definition) is 5. The van der Waals surface area contributed by atoms with E-state index in [9.17, 15) is 13.2 Å². The van der Waals surface area contributed by atoms with Crippen LogP contribution in [0.15, 0.2) is 91.1 Å². The quantitative estimate of drug-likeness (QED) is 0.272. The zero-order chi connectivity index (χ0) is 25.3. The highest BCUT2D eigenvalue weighted by Crippen LogP contribution is 2.34. The molecule has 0 atom stereocenters. The van der Waals surface area contributed by atoms with E-state index in [1.165, 1.54) is 12.3 Å². The largest absolute Gasteiger partial charge is 0.497 e. The molecule has 5 rings (SSSR count). The standard InChI is InChI=1S/C28H21F3N4O/c1-36-22-9-4-17(5-10-22)19-14-25(35-27(32)15-19)18-2-7-21(8-3-18)34-24-12-13-33-26-16-20(28(29,30)31)6-11-23(24)26/h2-16H,1H3,(H2,32,35)(H,33,34). The van der Waals surface area contributed by atoms with Gasteiger partial charge in [-0.1, -0.05) is 30.3 Å². The van der Waals surface area contributed by atoms with Crippen molar-refractivity contribution in [2.24, 2.45) is 0 Å². The van der Waals surface area contributed by atoms with Crippen molar-refractivity contribution in [3.05, 3.63) is 96.7 Å². The van der Waals surface area contributed by atoms with E-state index in [-0.39, 0.29) is 5.52 Å². The summed E-state index contributed by atoms with van der Waals surface area (Å²) in [5.74, 6) is 1.17. The Kier molecular flexibility index (Phi) is 5.93. The van der Waals surface area contributed by atoms with Crippen LogP contribution in [-0.2, 0) is 6.18 Å². The van der Waals surface area contributed by atoms with Crippen LogP contribution < -0.4 is 15.8 Å². The highest BCUT2D eigenvalue weighted by atomic mass is 19.4. The summed E-state index contributed by atoms with van der Waals surface area (Å²) in [6, 6.07) is 24.3. The molecule has 5 nitrogen and oxygen atoms in total. The topological polar surface area (TPSA) is 73.1 Å². The molecule has 0 fully saturated rings. The maximum atomic E-state index is 13.1. The molecule has 36 heavy (non-hydrogen) atoms. The Morgan fingerprint density at radius 1 is 0.806 bits per heavy atom. The van der Waals surface area contributed by atoms with E-state index in [0.717, 1.165) is 46.0 Å². The fraction of sp³-hybridized carbons (Fsp3) is 0.0714. The number of halogens is 3. The fourth-order valence-electron chi connectivity index (χ4n) is 3.96. The molecule has 0 aliphatic carbocycles. The second-order valence-electron chi connectivity index (χ2n) is 8.18. The highest BCUT2D eigenvalue weighted by molar-refractivity contribution is 5.93. The molecule has 0 spiro atoms. The van der Waals surface area contributed by atoms with Crippen LogP contribution in [0.2, 0.25) is 0 Å². The van der Waals surface area contributed by atoms with Gasteiger partial charge >= 0.3 is 6.18 Å². The van der Waals surface area contributed by atoms with Gasteiger partial charge in [0.2, 0.25) is 0 Å². The van der Waals surface area contributed by atoms with Gasteiger partial charge in [0.25, 0.3) is 0 Å². The Morgan fingerprint density at radius 2 is 1.53 bits per heavy atom. The van der Waals surface area contributed by atoms with Crippen LogP contribution in [0.1, 0.15) is 5.56 Å². The second-order valence-corrected chi connectivity index (χ2v) is 8.18. The molecular formula is C28H21F3N4O. The first kappa shape index (κ1) is 23.2. The molecule has 0 aliphatic rings. The smallest absolute Gasteiger partial charge is 0.416 e. The van der Waals surface area contributed by atoms with Gasteiger partial charge in [-0.2, -0.15) is 13.2 Å². The average molecular weight is 486 g/mol. The minimum atomic E-state index is -4.42. The van der Waals surface area contributed by atoms with Crippen LogP contribution >= 0.6 is 0 Å². The summed E-state index contributed by atoms with van der Waals surface area (Å²) in [5.41, 5.74) is 10.6. The minimum absolute atomic E-state index is 0.265. The zero-order valence-corrected chi connectivity index (χ0v) is 19.2. The number of ether oxygens (including phenoxy) is 1. The van der Waals surface area contributed by atoms with Gasteiger partial charge in [-0.15, -0.1) is 0 Å². The summed E-state index contributed by atoms with van der Waals surface area (Å²) in [4.78, 5) is 8.57. The van der Waals surface area contributed by atoms with Crippen molar-refractivity contribution in [3.8, 4) is 28.1 Å². The Bertz CT molecular complexity index is 1530. The van der Waals surface area contributed by atoms with Gasteiger partial charge in [-0.25, -0.2) is 4.98 Å². The van der Waals surface area contributed by atoms with Crippen molar-refractivity contribution in [2.45, 2.75) is 6.18 Å². The number of nitrogens with zero attached hydrogens (tertiary/aromatic N) is 2. The molecule has 0 unspecified atom stereocenters. The second kappa shape index (κ2) is 9.22. The van der Waals surface area contributed by atoms with Gasteiger partial charge in [0, 0.05) is 28.5 Å². The number of nitrogens with two attached hydrogens (primary N) is 1. The lowest BCUT2D eigenvalue weighted by atomic mass is 10.0. The monoisotopic (exact) mass is 486 g/mol. The molecule has 5 aromatic rings. The zero-order valence-electron chi connectivity index (χ0n) is 19.2. The van der Waals surface area contributed by atoms with E-state index in [4.69, 9.17) is 10.5 Å². The Morgan fingerprint density at radius 3 is 2.22 bits per heavy atom. The van der Waals surface area contributed by atoms with E-state index >= 15 is 0 Å². The lowest BCUT2D eigenvalue weighted by Gasteiger charge is -2.12. The summed E-state index contributed by atoms with van der Waals surface area (Å²) >= 11 is 0. The molecule has 8 heteroatoms. The van der Waals surface area contributed by atoms with E-state index < -0.39 is 11.7 Å². The number of fused-ring (bicyclic) bond motifs is 1. The van der Waals surface area contributed by atoms with Crippen molar-refractivity contribution < 1.29 is 17.9 Å². The number of pyridine rings is 2. The van der Waals surface area contributed by atoms with Gasteiger partial charge < -0.3 is 15.8 Å². The normalized spacial score (nSPS) is 11.4. The van der Waals surface area contributed by atoms with Crippen LogP contribution in [0.4, 0.5) is 30.4 Å². The molecule has 0 saturated heterocycles. The molecule has 3 aromatic carbocycles. The molecule has 3 N–H and O–H groups in total. The summed E-state index contributed by atoms with van der Waals surface area (Å²) in [7, 11) is 1.62. The number of alkyl halides is 3. The van der Waals surface area contributed by atoms with Gasteiger partial charge in [0.05, 0.1) is 23.9 Å². The molecule has 0 saturated carbocycles. The third kappa shape index (κ3) is 4.79. The predicted octanol–water partition coefficient (Wildman–Crippen LogP) is 7.32. The summed E-state index contributed by atoms with van der Waals surface area (Å²) in [5, 5.41) is 3.86. The van der Waals surface area contributed by atoms with Gasteiger partial charge in [0.15, 0.2) is 0 Å². The average Bonchev–Trinajstić information content (AvgIpc) is 2.88. The molecule has 0 radical (unpaired) electrons. The predicted molar refractivity (Wildman–Crippen MR) is 136 cm³/mol. The van der Waals surface area contributed by atoms with Crippen molar-refractivity contribution in [1.82, 2.24) is 9.97 Å². The van der Waals surface area contributed by atoms with Crippen LogP contribution in [-0.4, -0.2) is 17.1 Å². The first-order valence-corrected chi connectivity index (χ1v) is 11.1. The van der Waals surface area contributed by atoms with Crippen molar-refractivity contribution in [3.63, 3.8) is 0 Å². The van der Waals surface area contributed by atoms with Gasteiger partial charge in [0.1, 0.15) is 11.6 Å². The van der Waals surface area contributed by atoms with Crippen LogP contribution in [0.3, 0.4) is 0 Å². The third-order valence-corrected chi connectivity index (χ3v) is 5.80. The lowest BCUT2D eigenvalue weighted by Crippen LogP contribution is -2.04. The minimum Gasteiger partial charge on any atom is -0.497 e. The first-order chi connectivity index (χ1) is 17.3. The summed E-state index contributed by atoms with van der Waals surface area (Å²) in [6.07, 6.45) is -2.94. The van der Waals surface area contributed by atoms with E-state index in [1.807, 2.05) is 60.7 Å². The Hall–Kier alpha value is -4.59. The van der Waals surface area contributed by atoms with E-state index in [2.05, 4.69) is 15.3 Å². The first-order valence-electron chi connectivity index (χ1n) is 11.1. The third-order valence-electron chi connectivity index (χ3n) is 5.80. The number of methoxy groups -OCH3 is 1. The van der Waals surface area contributed by atoms with Gasteiger partial charge in [-0.3, -0.25) is 4.98 Å². The number of anilines is 3. The number of hydrogen-bond donors (Lipinski definition) is 2. The van der Waals surface area contributed by atoms with Crippen molar-refractivity contribution in [2.75, 3.05) is 18.2 Å².